The van der Waals surface area contributed by atoms with E-state index >= 15 is 0 Å². The van der Waals surface area contributed by atoms with E-state index in [1.807, 2.05) is 20.8 Å². The Bertz CT molecular complexity index is 530. The Kier molecular flexibility index (Phi) is 7.04. The minimum Gasteiger partial charge on any atom is -0.452 e. The van der Waals surface area contributed by atoms with Crippen LogP contribution in [0.4, 0.5) is 0 Å². The Morgan fingerprint density at radius 3 is 2.55 bits per heavy atom. The van der Waals surface area contributed by atoms with Gasteiger partial charge in [-0.1, -0.05) is 20.3 Å². The van der Waals surface area contributed by atoms with Crippen LogP contribution in [0.25, 0.3) is 0 Å². The van der Waals surface area contributed by atoms with Crippen molar-refractivity contribution in [1.29, 1.82) is 0 Å². The molecule has 1 atom stereocenters. The zero-order valence-electron chi connectivity index (χ0n) is 12.0. The third-order valence-corrected chi connectivity index (χ3v) is 6.37. The number of furan rings is 1. The molecule has 0 aliphatic rings. The highest BCUT2D eigenvalue weighted by Gasteiger charge is 2.31. The molecule has 0 spiro atoms. The molecule has 0 radical (unpaired) electrons. The predicted octanol–water partition coefficient (Wildman–Crippen LogP) is 4.37. The summed E-state index contributed by atoms with van der Waals surface area (Å²) in [6, 6.07) is 1.45. The van der Waals surface area contributed by atoms with Crippen molar-refractivity contribution in [2.24, 2.45) is 0 Å². The predicted molar refractivity (Wildman–Crippen MR) is 84.5 cm³/mol. The van der Waals surface area contributed by atoms with Gasteiger partial charge in [0.05, 0.1) is 5.88 Å². The average molecular weight is 387 g/mol. The maximum absolute atomic E-state index is 12.8. The van der Waals surface area contributed by atoms with Crippen molar-refractivity contribution in [3.8, 4) is 0 Å². The first kappa shape index (κ1) is 18.0. The maximum atomic E-state index is 12.8. The summed E-state index contributed by atoms with van der Waals surface area (Å²) < 4.78 is 32.6. The highest BCUT2D eigenvalue weighted by Crippen LogP contribution is 2.30. The van der Waals surface area contributed by atoms with E-state index in [9.17, 15) is 8.42 Å². The summed E-state index contributed by atoms with van der Waals surface area (Å²) in [5.41, 5.74) is 0. The van der Waals surface area contributed by atoms with Crippen LogP contribution in [-0.2, 0) is 15.9 Å². The van der Waals surface area contributed by atoms with Gasteiger partial charge in [0.25, 0.3) is 0 Å². The number of halogens is 2. The van der Waals surface area contributed by atoms with Crippen molar-refractivity contribution in [2.45, 2.75) is 56.9 Å². The first-order valence-corrected chi connectivity index (χ1v) is 9.51. The molecule has 1 aromatic heterocycles. The zero-order valence-corrected chi connectivity index (χ0v) is 15.2. The summed E-state index contributed by atoms with van der Waals surface area (Å²) in [6.45, 7) is 6.46. The van der Waals surface area contributed by atoms with Gasteiger partial charge in [0, 0.05) is 18.7 Å². The lowest BCUT2D eigenvalue weighted by atomic mass is 10.2. The fourth-order valence-corrected chi connectivity index (χ4v) is 4.70. The monoisotopic (exact) mass is 385 g/mol. The Balaban J connectivity index is 3.17. The summed E-state index contributed by atoms with van der Waals surface area (Å²) in [5.74, 6) is 0.587. The number of hydrogen-bond donors (Lipinski definition) is 0. The number of sulfonamides is 1. The highest BCUT2D eigenvalue weighted by atomic mass is 79.9. The zero-order chi connectivity index (χ0) is 15.3. The summed E-state index contributed by atoms with van der Waals surface area (Å²) >= 11 is 8.86. The molecule has 0 aliphatic carbocycles. The smallest absolute Gasteiger partial charge is 0.247 e. The van der Waals surface area contributed by atoms with Gasteiger partial charge >= 0.3 is 0 Å². The second kappa shape index (κ2) is 7.82. The number of hydrogen-bond acceptors (Lipinski definition) is 3. The molecule has 0 fully saturated rings. The number of unbranched alkanes of at least 4 members (excludes halogenated alkanes) is 1. The van der Waals surface area contributed by atoms with Crippen LogP contribution in [0.3, 0.4) is 0 Å². The van der Waals surface area contributed by atoms with Crippen molar-refractivity contribution in [1.82, 2.24) is 4.31 Å². The van der Waals surface area contributed by atoms with Crippen LogP contribution in [0.5, 0.6) is 0 Å². The number of nitrogens with zero attached hydrogens (tertiary/aromatic N) is 1. The molecule has 1 aromatic rings. The van der Waals surface area contributed by atoms with Gasteiger partial charge in [-0.2, -0.15) is 4.31 Å². The molecule has 0 amide bonds. The molecular formula is C13H21BrClNO3S. The lowest BCUT2D eigenvalue weighted by molar-refractivity contribution is 0.323. The third-order valence-electron chi connectivity index (χ3n) is 3.24. The van der Waals surface area contributed by atoms with Crippen LogP contribution in [0, 0.1) is 0 Å². The molecule has 0 N–H and O–H groups in total. The Morgan fingerprint density at radius 2 is 2.10 bits per heavy atom. The van der Waals surface area contributed by atoms with Crippen molar-refractivity contribution >= 4 is 37.6 Å². The van der Waals surface area contributed by atoms with Crippen molar-refractivity contribution in [3.63, 3.8) is 0 Å². The van der Waals surface area contributed by atoms with E-state index in [4.69, 9.17) is 16.0 Å². The fourth-order valence-electron chi connectivity index (χ4n) is 1.86. The first-order valence-electron chi connectivity index (χ1n) is 6.74. The number of rotatable bonds is 8. The van der Waals surface area contributed by atoms with E-state index < -0.39 is 10.0 Å². The quantitative estimate of drug-likeness (QED) is 0.623. The summed E-state index contributed by atoms with van der Waals surface area (Å²) in [7, 11) is -3.57. The number of alkyl halides is 1. The molecule has 0 aliphatic heterocycles. The van der Waals surface area contributed by atoms with Crippen LogP contribution < -0.4 is 0 Å². The standard InChI is InChI=1S/C13H21BrClNO3S/c1-4-6-7-16(10(3)5-2)20(17,18)12-8-11(9-15)19-13(12)14/h8,10H,4-7,9H2,1-3H3. The van der Waals surface area contributed by atoms with Crippen molar-refractivity contribution < 1.29 is 12.8 Å². The van der Waals surface area contributed by atoms with E-state index in [1.54, 1.807) is 4.31 Å². The van der Waals surface area contributed by atoms with E-state index in [0.29, 0.717) is 12.3 Å². The Morgan fingerprint density at radius 1 is 1.45 bits per heavy atom. The topological polar surface area (TPSA) is 50.5 Å². The van der Waals surface area contributed by atoms with Gasteiger partial charge in [-0.15, -0.1) is 11.6 Å². The van der Waals surface area contributed by atoms with E-state index in [0.717, 1.165) is 19.3 Å². The Hall–Kier alpha value is -0.0400. The second-order valence-electron chi connectivity index (χ2n) is 4.71. The van der Waals surface area contributed by atoms with E-state index in [1.165, 1.54) is 6.07 Å². The third kappa shape index (κ3) is 4.00. The molecule has 1 rings (SSSR count). The average Bonchev–Trinajstić information content (AvgIpc) is 2.80. The van der Waals surface area contributed by atoms with E-state index in [-0.39, 0.29) is 21.5 Å². The fraction of sp³-hybridized carbons (Fsp3) is 0.692. The van der Waals surface area contributed by atoms with Gasteiger partial charge in [0.15, 0.2) is 4.67 Å². The summed E-state index contributed by atoms with van der Waals surface area (Å²) in [6.07, 6.45) is 2.55. The molecule has 0 saturated carbocycles. The largest absolute Gasteiger partial charge is 0.452 e. The van der Waals surface area contributed by atoms with Gasteiger partial charge < -0.3 is 4.42 Å². The molecule has 116 valence electrons. The SMILES string of the molecule is CCCCN(C(C)CC)S(=O)(=O)c1cc(CCl)oc1Br. The molecule has 0 bridgehead atoms. The summed E-state index contributed by atoms with van der Waals surface area (Å²) in [5, 5.41) is 0. The second-order valence-corrected chi connectivity index (χ2v) is 7.56. The molecular weight excluding hydrogens is 366 g/mol. The van der Waals surface area contributed by atoms with Crippen molar-refractivity contribution in [2.75, 3.05) is 6.54 Å². The van der Waals surface area contributed by atoms with Crippen LogP contribution in [0.15, 0.2) is 20.0 Å². The van der Waals surface area contributed by atoms with Crippen molar-refractivity contribution in [3.05, 3.63) is 16.5 Å². The van der Waals surface area contributed by atoms with E-state index in [2.05, 4.69) is 15.9 Å². The molecule has 0 aromatic carbocycles. The highest BCUT2D eigenvalue weighted by molar-refractivity contribution is 9.10. The van der Waals surface area contributed by atoms with Gasteiger partial charge in [-0.25, -0.2) is 8.42 Å². The first-order chi connectivity index (χ1) is 9.38. The minimum atomic E-state index is -3.57. The molecule has 4 nitrogen and oxygen atoms in total. The van der Waals surface area contributed by atoms with Crippen LogP contribution in [0.2, 0.25) is 0 Å². The van der Waals surface area contributed by atoms with Crippen LogP contribution in [0.1, 0.15) is 45.8 Å². The van der Waals surface area contributed by atoms with Crippen LogP contribution in [-0.4, -0.2) is 25.3 Å². The van der Waals surface area contributed by atoms with Gasteiger partial charge in [-0.3, -0.25) is 0 Å². The summed E-state index contributed by atoms with van der Waals surface area (Å²) in [4.78, 5) is 0.157. The minimum absolute atomic E-state index is 0.0483. The molecule has 0 saturated heterocycles. The van der Waals surface area contributed by atoms with Crippen LogP contribution >= 0.6 is 27.5 Å². The molecule has 20 heavy (non-hydrogen) atoms. The van der Waals surface area contributed by atoms with Gasteiger partial charge in [-0.05, 0) is 35.7 Å². The normalized spacial score (nSPS) is 13.9. The lowest BCUT2D eigenvalue weighted by Crippen LogP contribution is -2.39. The lowest BCUT2D eigenvalue weighted by Gasteiger charge is -2.27. The molecule has 1 heterocycles. The molecule has 1 unspecified atom stereocenters. The molecule has 7 heteroatoms. The maximum Gasteiger partial charge on any atom is 0.247 e. The van der Waals surface area contributed by atoms with Gasteiger partial charge in [0.2, 0.25) is 10.0 Å². The van der Waals surface area contributed by atoms with Gasteiger partial charge in [0.1, 0.15) is 10.7 Å². The Labute approximate surface area is 134 Å².